The Bertz CT molecular complexity index is 633. The fourth-order valence-electron chi connectivity index (χ4n) is 3.33. The number of fused-ring (bicyclic) bond motifs is 1. The second-order valence-corrected chi connectivity index (χ2v) is 7.62. The molecular weight excluding hydrogens is 304 g/mol. The molecule has 1 atom stereocenters. The van der Waals surface area contributed by atoms with Gasteiger partial charge in [0, 0.05) is 30.6 Å². The van der Waals surface area contributed by atoms with E-state index in [0.717, 1.165) is 37.1 Å². The average molecular weight is 327 g/mol. The molecule has 0 bridgehead atoms. The van der Waals surface area contributed by atoms with Crippen LogP contribution in [0.4, 0.5) is 0 Å². The van der Waals surface area contributed by atoms with Gasteiger partial charge in [0.05, 0.1) is 11.4 Å². The van der Waals surface area contributed by atoms with Crippen LogP contribution in [0.15, 0.2) is 11.6 Å². The maximum atomic E-state index is 5.92. The van der Waals surface area contributed by atoms with Crippen LogP contribution in [0, 0.1) is 5.41 Å². The minimum Gasteiger partial charge on any atom is -0.330 e. The summed E-state index contributed by atoms with van der Waals surface area (Å²) in [5.41, 5.74) is 9.01. The Morgan fingerprint density at radius 3 is 2.95 bits per heavy atom. The van der Waals surface area contributed by atoms with Crippen LogP contribution in [0.1, 0.15) is 43.5 Å². The number of nitrogens with zero attached hydrogens (tertiary/aromatic N) is 3. The van der Waals surface area contributed by atoms with Crippen molar-refractivity contribution in [1.82, 2.24) is 14.3 Å². The summed E-state index contributed by atoms with van der Waals surface area (Å²) in [5.74, 6) is 0.723. The van der Waals surface area contributed by atoms with Gasteiger partial charge in [-0.05, 0) is 37.8 Å². The van der Waals surface area contributed by atoms with Gasteiger partial charge in [0.15, 0.2) is 4.96 Å². The molecule has 1 saturated carbocycles. The zero-order chi connectivity index (χ0) is 13.7. The molecule has 2 N–H and O–H groups in total. The quantitative estimate of drug-likeness (QED) is 0.939. The van der Waals surface area contributed by atoms with Gasteiger partial charge in [0.1, 0.15) is 0 Å². The highest BCUT2D eigenvalue weighted by Gasteiger charge is 2.35. The molecule has 0 spiro atoms. The first-order valence-corrected chi connectivity index (χ1v) is 8.43. The first-order valence-electron chi connectivity index (χ1n) is 7.55. The van der Waals surface area contributed by atoms with Crippen molar-refractivity contribution >= 4 is 28.7 Å². The molecule has 1 aliphatic carbocycles. The van der Waals surface area contributed by atoms with Gasteiger partial charge in [-0.1, -0.05) is 6.92 Å². The van der Waals surface area contributed by atoms with Crippen molar-refractivity contribution in [3.05, 3.63) is 23.0 Å². The Balaban J connectivity index is 0.00000132. The van der Waals surface area contributed by atoms with Crippen LogP contribution >= 0.6 is 23.7 Å². The summed E-state index contributed by atoms with van der Waals surface area (Å²) in [7, 11) is 0. The zero-order valence-electron chi connectivity index (χ0n) is 12.4. The number of nitrogens with two attached hydrogens (primary N) is 1. The van der Waals surface area contributed by atoms with E-state index in [4.69, 9.17) is 10.7 Å². The van der Waals surface area contributed by atoms with Gasteiger partial charge in [-0.15, -0.1) is 23.7 Å². The van der Waals surface area contributed by atoms with E-state index in [2.05, 4.69) is 27.8 Å². The van der Waals surface area contributed by atoms with Gasteiger partial charge < -0.3 is 5.73 Å². The normalized spacial score (nSPS) is 26.4. The lowest BCUT2D eigenvalue weighted by molar-refractivity contribution is 0.271. The number of rotatable bonds is 4. The molecule has 4 rings (SSSR count). The van der Waals surface area contributed by atoms with Crippen LogP contribution in [-0.2, 0) is 6.54 Å². The molecule has 4 nitrogen and oxygen atoms in total. The first-order chi connectivity index (χ1) is 9.68. The summed E-state index contributed by atoms with van der Waals surface area (Å²) in [5, 5.41) is 2.14. The standard InChI is InChI=1S/C15H22N4S.ClH/c1-15(9-16)4-5-18(10-15)8-12-13(11-2-3-11)17-14-19(12)6-7-20-14;/h6-7,11H,2-5,8-10,16H2,1H3;1H. The van der Waals surface area contributed by atoms with Crippen molar-refractivity contribution in [2.24, 2.45) is 11.1 Å². The SMILES string of the molecule is CC1(CN)CCN(Cc2c(C3CC3)nc3sccn23)C1.Cl. The Hall–Kier alpha value is -0.620. The van der Waals surface area contributed by atoms with Gasteiger partial charge >= 0.3 is 0 Å². The molecule has 1 aliphatic heterocycles. The minimum atomic E-state index is 0. The second kappa shape index (κ2) is 5.54. The van der Waals surface area contributed by atoms with E-state index in [1.165, 1.54) is 30.7 Å². The smallest absolute Gasteiger partial charge is 0.194 e. The van der Waals surface area contributed by atoms with Crippen molar-refractivity contribution in [2.75, 3.05) is 19.6 Å². The molecule has 0 amide bonds. The Morgan fingerprint density at radius 2 is 2.29 bits per heavy atom. The summed E-state index contributed by atoms with van der Waals surface area (Å²) in [6.07, 6.45) is 6.02. The third-order valence-electron chi connectivity index (χ3n) is 4.86. The number of likely N-dealkylation sites (tertiary alicyclic amines) is 1. The van der Waals surface area contributed by atoms with Gasteiger partial charge in [0.25, 0.3) is 0 Å². The Kier molecular flexibility index (Phi) is 4.03. The first kappa shape index (κ1) is 15.3. The molecule has 2 aromatic heterocycles. The van der Waals surface area contributed by atoms with Crippen LogP contribution in [0.2, 0.25) is 0 Å². The van der Waals surface area contributed by atoms with Crippen LogP contribution in [-0.4, -0.2) is 33.9 Å². The molecule has 21 heavy (non-hydrogen) atoms. The van der Waals surface area contributed by atoms with Crippen molar-refractivity contribution in [1.29, 1.82) is 0 Å². The predicted octanol–water partition coefficient (Wildman–Crippen LogP) is 2.87. The minimum absolute atomic E-state index is 0. The highest BCUT2D eigenvalue weighted by molar-refractivity contribution is 7.15. The largest absolute Gasteiger partial charge is 0.330 e. The number of hydrogen-bond donors (Lipinski definition) is 1. The van der Waals surface area contributed by atoms with E-state index in [1.807, 2.05) is 0 Å². The molecule has 6 heteroatoms. The molecule has 0 aromatic carbocycles. The van der Waals surface area contributed by atoms with E-state index in [-0.39, 0.29) is 12.4 Å². The van der Waals surface area contributed by atoms with E-state index in [0.29, 0.717) is 5.41 Å². The van der Waals surface area contributed by atoms with E-state index in [9.17, 15) is 0 Å². The zero-order valence-corrected chi connectivity index (χ0v) is 14.1. The van der Waals surface area contributed by atoms with E-state index in [1.54, 1.807) is 11.3 Å². The van der Waals surface area contributed by atoms with Gasteiger partial charge in [-0.25, -0.2) is 4.98 Å². The van der Waals surface area contributed by atoms with E-state index < -0.39 is 0 Å². The molecule has 2 fully saturated rings. The fourth-order valence-corrected chi connectivity index (χ4v) is 4.07. The van der Waals surface area contributed by atoms with E-state index >= 15 is 0 Å². The molecule has 116 valence electrons. The molecule has 2 aliphatic rings. The van der Waals surface area contributed by atoms with Crippen LogP contribution < -0.4 is 5.73 Å². The number of imidazole rings is 1. The highest BCUT2D eigenvalue weighted by atomic mass is 35.5. The maximum Gasteiger partial charge on any atom is 0.194 e. The second-order valence-electron chi connectivity index (χ2n) is 6.75. The lowest BCUT2D eigenvalue weighted by Crippen LogP contribution is -2.31. The van der Waals surface area contributed by atoms with Crippen LogP contribution in [0.3, 0.4) is 0 Å². The summed E-state index contributed by atoms with van der Waals surface area (Å²) < 4.78 is 2.30. The lowest BCUT2D eigenvalue weighted by atomic mass is 9.90. The summed E-state index contributed by atoms with van der Waals surface area (Å²) in [4.78, 5) is 8.57. The third-order valence-corrected chi connectivity index (χ3v) is 5.62. The van der Waals surface area contributed by atoms with Gasteiger partial charge in [-0.2, -0.15) is 0 Å². The number of hydrogen-bond acceptors (Lipinski definition) is 4. The third kappa shape index (κ3) is 2.72. The fraction of sp³-hybridized carbons (Fsp3) is 0.667. The number of thiazole rings is 1. The molecule has 2 aromatic rings. The maximum absolute atomic E-state index is 5.92. The Labute approximate surface area is 135 Å². The summed E-state index contributed by atoms with van der Waals surface area (Å²) >= 11 is 1.74. The molecule has 3 heterocycles. The predicted molar refractivity (Wildman–Crippen MR) is 89.3 cm³/mol. The Morgan fingerprint density at radius 1 is 1.48 bits per heavy atom. The number of aromatic nitrogens is 2. The average Bonchev–Trinajstić information content (AvgIpc) is 2.92. The van der Waals surface area contributed by atoms with Crippen molar-refractivity contribution in [3.63, 3.8) is 0 Å². The number of halogens is 1. The van der Waals surface area contributed by atoms with Crippen molar-refractivity contribution < 1.29 is 0 Å². The molecular formula is C15H23ClN4S. The lowest BCUT2D eigenvalue weighted by Gasteiger charge is -2.22. The monoisotopic (exact) mass is 326 g/mol. The molecule has 1 unspecified atom stereocenters. The van der Waals surface area contributed by atoms with Crippen LogP contribution in [0.25, 0.3) is 4.96 Å². The van der Waals surface area contributed by atoms with Crippen LogP contribution in [0.5, 0.6) is 0 Å². The molecule has 1 saturated heterocycles. The van der Waals surface area contributed by atoms with Crippen molar-refractivity contribution in [3.8, 4) is 0 Å². The topological polar surface area (TPSA) is 46.6 Å². The summed E-state index contributed by atoms with van der Waals surface area (Å²) in [6, 6.07) is 0. The van der Waals surface area contributed by atoms with Gasteiger partial charge in [0.2, 0.25) is 0 Å². The highest BCUT2D eigenvalue weighted by Crippen LogP contribution is 2.42. The summed E-state index contributed by atoms with van der Waals surface area (Å²) in [6.45, 7) is 6.41. The molecule has 0 radical (unpaired) electrons. The van der Waals surface area contributed by atoms with Crippen molar-refractivity contribution in [2.45, 2.75) is 38.6 Å². The van der Waals surface area contributed by atoms with Gasteiger partial charge in [-0.3, -0.25) is 9.30 Å².